The minimum absolute atomic E-state index is 0.271. The van der Waals surface area contributed by atoms with E-state index in [0.29, 0.717) is 19.5 Å². The third kappa shape index (κ3) is 3.36. The molecule has 0 bridgehead atoms. The average Bonchev–Trinajstić information content (AvgIpc) is 3.35. The number of aromatic nitrogens is 3. The van der Waals surface area contributed by atoms with Crippen molar-refractivity contribution in [2.75, 3.05) is 24.5 Å². The van der Waals surface area contributed by atoms with Crippen molar-refractivity contribution in [2.45, 2.75) is 19.4 Å². The summed E-state index contributed by atoms with van der Waals surface area (Å²) in [4.78, 5) is 29.2. The van der Waals surface area contributed by atoms with Crippen molar-refractivity contribution in [2.24, 2.45) is 5.92 Å². The highest BCUT2D eigenvalue weighted by atomic mass is 79.9. The third-order valence-corrected chi connectivity index (χ3v) is 6.51. The Bertz CT molecular complexity index is 1110. The first-order chi connectivity index (χ1) is 14.1. The van der Waals surface area contributed by atoms with Crippen LogP contribution >= 0.6 is 15.9 Å². The summed E-state index contributed by atoms with van der Waals surface area (Å²) in [6, 6.07) is 8.26. The highest BCUT2D eigenvalue weighted by Crippen LogP contribution is 2.39. The van der Waals surface area contributed by atoms with Gasteiger partial charge in [-0.3, -0.25) is 14.7 Å². The van der Waals surface area contributed by atoms with Crippen molar-refractivity contribution in [3.8, 4) is 0 Å². The van der Waals surface area contributed by atoms with E-state index >= 15 is 0 Å². The number of nitrogens with zero attached hydrogens (tertiary/aromatic N) is 5. The fourth-order valence-corrected chi connectivity index (χ4v) is 4.86. The fourth-order valence-electron chi connectivity index (χ4n) is 4.30. The zero-order valence-electron chi connectivity index (χ0n) is 15.8. The molecule has 1 saturated heterocycles. The van der Waals surface area contributed by atoms with Crippen LogP contribution in [-0.4, -0.2) is 50.6 Å². The van der Waals surface area contributed by atoms with E-state index in [2.05, 4.69) is 47.8 Å². The van der Waals surface area contributed by atoms with Crippen LogP contribution in [0.15, 0.2) is 41.3 Å². The Morgan fingerprint density at radius 1 is 1.24 bits per heavy atom. The van der Waals surface area contributed by atoms with E-state index in [1.54, 1.807) is 6.33 Å². The lowest BCUT2D eigenvalue weighted by Gasteiger charge is -2.20. The standard InChI is InChI=1S/C21H20BrN5O2/c22-16-2-1-3-18-15(16)5-7-27(18)20-19-17(24-12-25-20)8-13(9-23-19)10-26-6-4-14(11-26)21(28)29/h1-3,8-9,12,14H,4-7,10-11H2,(H,28,29)/t14-/m1/s1. The summed E-state index contributed by atoms with van der Waals surface area (Å²) < 4.78 is 1.12. The van der Waals surface area contributed by atoms with Crippen LogP contribution in [0.2, 0.25) is 0 Å². The first-order valence-corrected chi connectivity index (χ1v) is 10.5. The minimum atomic E-state index is -0.709. The molecule has 1 N–H and O–H groups in total. The van der Waals surface area contributed by atoms with Crippen molar-refractivity contribution in [1.82, 2.24) is 19.9 Å². The minimum Gasteiger partial charge on any atom is -0.481 e. The maximum Gasteiger partial charge on any atom is 0.307 e. The van der Waals surface area contributed by atoms with Gasteiger partial charge in [-0.1, -0.05) is 22.0 Å². The molecular formula is C21H20BrN5O2. The van der Waals surface area contributed by atoms with Gasteiger partial charge in [-0.15, -0.1) is 0 Å². The van der Waals surface area contributed by atoms with Crippen LogP contribution in [0.25, 0.3) is 11.0 Å². The second-order valence-corrected chi connectivity index (χ2v) is 8.46. The number of hydrogen-bond acceptors (Lipinski definition) is 6. The van der Waals surface area contributed by atoms with Gasteiger partial charge in [-0.05, 0) is 48.7 Å². The summed E-state index contributed by atoms with van der Waals surface area (Å²) in [7, 11) is 0. The van der Waals surface area contributed by atoms with E-state index in [9.17, 15) is 9.90 Å². The summed E-state index contributed by atoms with van der Waals surface area (Å²) in [5.74, 6) is -0.156. The Morgan fingerprint density at radius 3 is 2.97 bits per heavy atom. The first-order valence-electron chi connectivity index (χ1n) is 9.70. The molecule has 29 heavy (non-hydrogen) atoms. The Labute approximate surface area is 176 Å². The Balaban J connectivity index is 1.44. The number of carboxylic acids is 1. The number of rotatable bonds is 4. The van der Waals surface area contributed by atoms with Gasteiger partial charge in [0.25, 0.3) is 0 Å². The molecule has 7 nitrogen and oxygen atoms in total. The van der Waals surface area contributed by atoms with E-state index in [4.69, 9.17) is 4.98 Å². The van der Waals surface area contributed by atoms with Crippen molar-refractivity contribution in [3.63, 3.8) is 0 Å². The normalized spacial score (nSPS) is 19.1. The quantitative estimate of drug-likeness (QED) is 0.647. The molecule has 0 unspecified atom stereocenters. The monoisotopic (exact) mass is 453 g/mol. The predicted molar refractivity (Wildman–Crippen MR) is 113 cm³/mol. The van der Waals surface area contributed by atoms with Crippen molar-refractivity contribution >= 4 is 44.4 Å². The molecule has 1 fully saturated rings. The number of aliphatic carboxylic acids is 1. The van der Waals surface area contributed by atoms with Crippen LogP contribution in [-0.2, 0) is 17.8 Å². The SMILES string of the molecule is O=C(O)[C@@H]1CCN(Cc2cnc3c(N4CCc5c(Br)cccc54)ncnc3c2)C1. The van der Waals surface area contributed by atoms with Crippen molar-refractivity contribution in [1.29, 1.82) is 0 Å². The molecule has 4 heterocycles. The summed E-state index contributed by atoms with van der Waals surface area (Å²) in [6.45, 7) is 2.93. The molecule has 0 radical (unpaired) electrons. The molecule has 148 valence electrons. The van der Waals surface area contributed by atoms with Gasteiger partial charge in [0.05, 0.1) is 11.4 Å². The number of likely N-dealkylation sites (tertiary alicyclic amines) is 1. The van der Waals surface area contributed by atoms with E-state index in [1.165, 1.54) is 5.56 Å². The van der Waals surface area contributed by atoms with Crippen LogP contribution in [0.3, 0.4) is 0 Å². The largest absolute Gasteiger partial charge is 0.481 e. The maximum absolute atomic E-state index is 11.2. The van der Waals surface area contributed by atoms with Gasteiger partial charge in [-0.25, -0.2) is 9.97 Å². The van der Waals surface area contributed by atoms with Crippen molar-refractivity contribution < 1.29 is 9.90 Å². The van der Waals surface area contributed by atoms with Crippen LogP contribution in [0, 0.1) is 5.92 Å². The van der Waals surface area contributed by atoms with Gasteiger partial charge < -0.3 is 10.0 Å². The van der Waals surface area contributed by atoms with Gasteiger partial charge in [0.15, 0.2) is 5.82 Å². The highest BCUT2D eigenvalue weighted by Gasteiger charge is 2.28. The molecular weight excluding hydrogens is 434 g/mol. The van der Waals surface area contributed by atoms with Gasteiger partial charge in [0, 0.05) is 36.0 Å². The molecule has 2 aromatic heterocycles. The second kappa shape index (κ2) is 7.35. The number of pyridine rings is 1. The smallest absolute Gasteiger partial charge is 0.307 e. The zero-order chi connectivity index (χ0) is 20.0. The van der Waals surface area contributed by atoms with Gasteiger partial charge in [0.2, 0.25) is 0 Å². The van der Waals surface area contributed by atoms with Crippen LogP contribution in [0.5, 0.6) is 0 Å². The van der Waals surface area contributed by atoms with E-state index < -0.39 is 5.97 Å². The summed E-state index contributed by atoms with van der Waals surface area (Å²) >= 11 is 3.64. The second-order valence-electron chi connectivity index (χ2n) is 7.61. The number of anilines is 2. The van der Waals surface area contributed by atoms with Gasteiger partial charge >= 0.3 is 5.97 Å². The lowest BCUT2D eigenvalue weighted by Crippen LogP contribution is -2.23. The molecule has 0 amide bonds. The molecule has 0 spiro atoms. The van der Waals surface area contributed by atoms with Crippen LogP contribution in [0.4, 0.5) is 11.5 Å². The number of halogens is 1. The van der Waals surface area contributed by atoms with E-state index in [1.807, 2.05) is 18.3 Å². The summed E-state index contributed by atoms with van der Waals surface area (Å²) in [5.41, 5.74) is 5.08. The average molecular weight is 454 g/mol. The number of fused-ring (bicyclic) bond motifs is 2. The van der Waals surface area contributed by atoms with Crippen LogP contribution < -0.4 is 4.90 Å². The fraction of sp³-hybridized carbons (Fsp3) is 0.333. The number of benzene rings is 1. The molecule has 1 aromatic carbocycles. The molecule has 0 aliphatic carbocycles. The molecule has 1 atom stereocenters. The topological polar surface area (TPSA) is 82.5 Å². The lowest BCUT2D eigenvalue weighted by atomic mass is 10.1. The highest BCUT2D eigenvalue weighted by molar-refractivity contribution is 9.10. The molecule has 0 saturated carbocycles. The number of hydrogen-bond donors (Lipinski definition) is 1. The summed E-state index contributed by atoms with van der Waals surface area (Å²) in [6.07, 6.45) is 5.11. The summed E-state index contributed by atoms with van der Waals surface area (Å²) in [5, 5.41) is 9.20. The van der Waals surface area contributed by atoms with E-state index in [0.717, 1.165) is 52.1 Å². The van der Waals surface area contributed by atoms with Gasteiger partial charge in [0.1, 0.15) is 11.8 Å². The van der Waals surface area contributed by atoms with Gasteiger partial charge in [-0.2, -0.15) is 0 Å². The lowest BCUT2D eigenvalue weighted by molar-refractivity contribution is -0.141. The number of carbonyl (C=O) groups is 1. The Morgan fingerprint density at radius 2 is 2.14 bits per heavy atom. The zero-order valence-corrected chi connectivity index (χ0v) is 17.3. The maximum atomic E-state index is 11.2. The first kappa shape index (κ1) is 18.4. The van der Waals surface area contributed by atoms with E-state index in [-0.39, 0.29) is 5.92 Å². The predicted octanol–water partition coefficient (Wildman–Crippen LogP) is 3.39. The van der Waals surface area contributed by atoms with Crippen LogP contribution in [0.1, 0.15) is 17.5 Å². The number of carboxylic acid groups (broad SMARTS) is 1. The molecule has 2 aliphatic heterocycles. The Kier molecular flexibility index (Phi) is 4.67. The third-order valence-electron chi connectivity index (χ3n) is 5.77. The molecule has 8 heteroatoms. The Hall–Kier alpha value is -2.58. The molecule has 3 aromatic rings. The molecule has 5 rings (SSSR count). The molecule has 2 aliphatic rings. The van der Waals surface area contributed by atoms with Crippen molar-refractivity contribution in [3.05, 3.63) is 52.4 Å².